The van der Waals surface area contributed by atoms with Crippen molar-refractivity contribution in [3.8, 4) is 0 Å². The molecule has 0 spiro atoms. The second-order valence-corrected chi connectivity index (χ2v) is 4.70. The first-order valence-corrected chi connectivity index (χ1v) is 6.16. The SMILES string of the molecule is CNCC1CN(Cc2cn(C)nc2C)CCO1. The third-order valence-corrected chi connectivity index (χ3v) is 3.16. The van der Waals surface area contributed by atoms with E-state index >= 15 is 0 Å². The first kappa shape index (κ1) is 12.5. The van der Waals surface area contributed by atoms with Gasteiger partial charge in [-0.15, -0.1) is 0 Å². The van der Waals surface area contributed by atoms with Crippen molar-refractivity contribution in [2.75, 3.05) is 33.3 Å². The van der Waals surface area contributed by atoms with Crippen LogP contribution in [0.5, 0.6) is 0 Å². The molecule has 0 amide bonds. The van der Waals surface area contributed by atoms with Crippen LogP contribution in [-0.4, -0.2) is 54.1 Å². The molecule has 2 heterocycles. The van der Waals surface area contributed by atoms with Crippen molar-refractivity contribution in [1.29, 1.82) is 0 Å². The Morgan fingerprint density at radius 1 is 1.59 bits per heavy atom. The molecule has 5 nitrogen and oxygen atoms in total. The third-order valence-electron chi connectivity index (χ3n) is 3.16. The Labute approximate surface area is 103 Å². The average Bonchev–Trinajstić information content (AvgIpc) is 2.58. The molecule has 1 saturated heterocycles. The van der Waals surface area contributed by atoms with E-state index in [1.54, 1.807) is 0 Å². The van der Waals surface area contributed by atoms with Gasteiger partial charge in [0.05, 0.1) is 18.4 Å². The van der Waals surface area contributed by atoms with E-state index < -0.39 is 0 Å². The van der Waals surface area contributed by atoms with Crippen LogP contribution >= 0.6 is 0 Å². The highest BCUT2D eigenvalue weighted by atomic mass is 16.5. The summed E-state index contributed by atoms with van der Waals surface area (Å²) in [5, 5.41) is 7.55. The van der Waals surface area contributed by atoms with Gasteiger partial charge in [-0.25, -0.2) is 0 Å². The van der Waals surface area contributed by atoms with Crippen LogP contribution in [0.15, 0.2) is 6.20 Å². The van der Waals surface area contributed by atoms with Crippen molar-refractivity contribution in [3.63, 3.8) is 0 Å². The molecule has 1 fully saturated rings. The Balaban J connectivity index is 1.92. The molecule has 1 aliphatic rings. The fourth-order valence-electron chi connectivity index (χ4n) is 2.32. The lowest BCUT2D eigenvalue weighted by Gasteiger charge is -2.32. The highest BCUT2D eigenvalue weighted by Crippen LogP contribution is 2.12. The number of aromatic nitrogens is 2. The Bertz CT molecular complexity index is 361. The van der Waals surface area contributed by atoms with Gasteiger partial charge >= 0.3 is 0 Å². The summed E-state index contributed by atoms with van der Waals surface area (Å²) in [6, 6.07) is 0. The zero-order valence-corrected chi connectivity index (χ0v) is 10.9. The van der Waals surface area contributed by atoms with Crippen LogP contribution in [0.1, 0.15) is 11.3 Å². The van der Waals surface area contributed by atoms with Crippen LogP contribution < -0.4 is 5.32 Å². The summed E-state index contributed by atoms with van der Waals surface area (Å²) in [4.78, 5) is 2.44. The third kappa shape index (κ3) is 3.28. The molecule has 1 aliphatic heterocycles. The molecule has 17 heavy (non-hydrogen) atoms. The van der Waals surface area contributed by atoms with Gasteiger partial charge in [-0.2, -0.15) is 5.10 Å². The maximum absolute atomic E-state index is 5.70. The van der Waals surface area contributed by atoms with E-state index in [9.17, 15) is 0 Å². The summed E-state index contributed by atoms with van der Waals surface area (Å²) in [5.41, 5.74) is 2.45. The molecular formula is C12H22N4O. The minimum Gasteiger partial charge on any atom is -0.374 e. The number of likely N-dealkylation sites (N-methyl/N-ethyl adjacent to an activating group) is 1. The Kier molecular flexibility index (Phi) is 4.15. The first-order valence-electron chi connectivity index (χ1n) is 6.16. The Morgan fingerprint density at radius 2 is 2.41 bits per heavy atom. The number of rotatable bonds is 4. The molecule has 0 saturated carbocycles. The second-order valence-electron chi connectivity index (χ2n) is 4.70. The molecular weight excluding hydrogens is 216 g/mol. The van der Waals surface area contributed by atoms with Crippen molar-refractivity contribution in [1.82, 2.24) is 20.0 Å². The van der Waals surface area contributed by atoms with E-state index in [1.165, 1.54) is 5.56 Å². The summed E-state index contributed by atoms with van der Waals surface area (Å²) in [6.07, 6.45) is 2.42. The minimum absolute atomic E-state index is 0.311. The van der Waals surface area contributed by atoms with Gasteiger partial charge < -0.3 is 10.1 Å². The molecule has 0 aliphatic carbocycles. The molecule has 0 aromatic carbocycles. The highest BCUT2D eigenvalue weighted by Gasteiger charge is 2.20. The molecule has 0 bridgehead atoms. The normalized spacial score (nSPS) is 21.9. The van der Waals surface area contributed by atoms with Crippen LogP contribution in [0.3, 0.4) is 0 Å². The van der Waals surface area contributed by atoms with Gasteiger partial charge in [-0.1, -0.05) is 0 Å². The molecule has 1 aromatic rings. The van der Waals surface area contributed by atoms with Crippen molar-refractivity contribution in [3.05, 3.63) is 17.5 Å². The Hall–Kier alpha value is -0.910. The molecule has 2 rings (SSSR count). The maximum Gasteiger partial charge on any atom is 0.0826 e. The van der Waals surface area contributed by atoms with Gasteiger partial charge in [-0.05, 0) is 14.0 Å². The predicted octanol–water partition coefficient (Wildman–Crippen LogP) is 0.149. The zero-order valence-electron chi connectivity index (χ0n) is 10.9. The molecule has 96 valence electrons. The van der Waals surface area contributed by atoms with Gasteiger partial charge in [0.1, 0.15) is 0 Å². The largest absolute Gasteiger partial charge is 0.374 e. The van der Waals surface area contributed by atoms with E-state index in [4.69, 9.17) is 4.74 Å². The summed E-state index contributed by atoms with van der Waals surface area (Å²) in [6.45, 7) is 6.79. The lowest BCUT2D eigenvalue weighted by molar-refractivity contribution is -0.0291. The van der Waals surface area contributed by atoms with Gasteiger partial charge in [0.25, 0.3) is 0 Å². The van der Waals surface area contributed by atoms with E-state index in [2.05, 4.69) is 28.4 Å². The molecule has 1 aromatic heterocycles. The van der Waals surface area contributed by atoms with Crippen LogP contribution in [-0.2, 0) is 18.3 Å². The average molecular weight is 238 g/mol. The van der Waals surface area contributed by atoms with Gasteiger partial charge in [0.15, 0.2) is 0 Å². The van der Waals surface area contributed by atoms with Gasteiger partial charge in [0, 0.05) is 45.0 Å². The summed E-state index contributed by atoms with van der Waals surface area (Å²) in [5.74, 6) is 0. The Morgan fingerprint density at radius 3 is 3.06 bits per heavy atom. The quantitative estimate of drug-likeness (QED) is 0.811. The first-order chi connectivity index (χ1) is 8.19. The number of nitrogens with one attached hydrogen (secondary N) is 1. The predicted molar refractivity (Wildman–Crippen MR) is 66.9 cm³/mol. The van der Waals surface area contributed by atoms with Gasteiger partial charge in [0.2, 0.25) is 0 Å². The molecule has 5 heteroatoms. The summed E-state index contributed by atoms with van der Waals surface area (Å²) < 4.78 is 7.58. The van der Waals surface area contributed by atoms with Crippen molar-refractivity contribution >= 4 is 0 Å². The smallest absolute Gasteiger partial charge is 0.0826 e. The van der Waals surface area contributed by atoms with Crippen LogP contribution in [0.25, 0.3) is 0 Å². The number of hydrogen-bond donors (Lipinski definition) is 1. The van der Waals surface area contributed by atoms with Crippen LogP contribution in [0, 0.1) is 6.92 Å². The lowest BCUT2D eigenvalue weighted by atomic mass is 10.2. The van der Waals surface area contributed by atoms with E-state index in [-0.39, 0.29) is 0 Å². The highest BCUT2D eigenvalue weighted by molar-refractivity contribution is 5.15. The zero-order chi connectivity index (χ0) is 12.3. The topological polar surface area (TPSA) is 42.3 Å². The van der Waals surface area contributed by atoms with Crippen molar-refractivity contribution in [2.24, 2.45) is 7.05 Å². The fourth-order valence-corrected chi connectivity index (χ4v) is 2.32. The van der Waals surface area contributed by atoms with E-state index in [0.29, 0.717) is 6.10 Å². The fraction of sp³-hybridized carbons (Fsp3) is 0.750. The van der Waals surface area contributed by atoms with E-state index in [0.717, 1.165) is 38.5 Å². The van der Waals surface area contributed by atoms with Crippen LogP contribution in [0.2, 0.25) is 0 Å². The molecule has 1 N–H and O–H groups in total. The number of morpholine rings is 1. The molecule has 1 unspecified atom stereocenters. The van der Waals surface area contributed by atoms with Gasteiger partial charge in [-0.3, -0.25) is 9.58 Å². The summed E-state index contributed by atoms with van der Waals surface area (Å²) >= 11 is 0. The number of aryl methyl sites for hydroxylation is 2. The summed E-state index contributed by atoms with van der Waals surface area (Å²) in [7, 11) is 3.94. The standard InChI is InChI=1S/C12H22N4O/c1-10-11(7-15(3)14-10)8-16-4-5-17-12(9-16)6-13-2/h7,12-13H,4-6,8-9H2,1-3H3. The molecule has 1 atom stereocenters. The van der Waals surface area contributed by atoms with Crippen molar-refractivity contribution in [2.45, 2.75) is 19.6 Å². The maximum atomic E-state index is 5.70. The van der Waals surface area contributed by atoms with Crippen molar-refractivity contribution < 1.29 is 4.74 Å². The van der Waals surface area contributed by atoms with E-state index in [1.807, 2.05) is 18.8 Å². The molecule has 0 radical (unpaired) electrons. The second kappa shape index (κ2) is 5.62. The number of nitrogens with zero attached hydrogens (tertiary/aromatic N) is 3. The number of hydrogen-bond acceptors (Lipinski definition) is 4. The number of ether oxygens (including phenoxy) is 1. The minimum atomic E-state index is 0.311. The van der Waals surface area contributed by atoms with Crippen LogP contribution in [0.4, 0.5) is 0 Å². The lowest BCUT2D eigenvalue weighted by Crippen LogP contribution is -2.45. The monoisotopic (exact) mass is 238 g/mol.